The molecule has 0 aromatic heterocycles. The summed E-state index contributed by atoms with van der Waals surface area (Å²) >= 11 is 0. The first-order chi connectivity index (χ1) is 12.7. The minimum atomic E-state index is -0.195. The number of para-hydroxylation sites is 1. The first-order valence-electron chi connectivity index (χ1n) is 8.38. The highest BCUT2D eigenvalue weighted by molar-refractivity contribution is 6.04. The molecule has 26 heavy (non-hydrogen) atoms. The average molecular weight is 347 g/mol. The highest BCUT2D eigenvalue weighted by atomic mass is 16.5. The maximum atomic E-state index is 12.4. The second-order valence-corrected chi connectivity index (χ2v) is 5.96. The van der Waals surface area contributed by atoms with E-state index in [4.69, 9.17) is 9.47 Å². The van der Waals surface area contributed by atoms with Crippen LogP contribution in [0.15, 0.2) is 72.8 Å². The number of rotatable bonds is 6. The van der Waals surface area contributed by atoms with E-state index in [1.165, 1.54) is 5.56 Å². The summed E-state index contributed by atoms with van der Waals surface area (Å²) in [5.74, 6) is 0.932. The molecule has 0 atom stereocenters. The van der Waals surface area contributed by atoms with Gasteiger partial charge in [-0.25, -0.2) is 0 Å². The molecule has 4 heteroatoms. The van der Waals surface area contributed by atoms with Crippen molar-refractivity contribution in [1.82, 2.24) is 0 Å². The van der Waals surface area contributed by atoms with Crippen molar-refractivity contribution in [2.75, 3.05) is 12.4 Å². The van der Waals surface area contributed by atoms with Gasteiger partial charge < -0.3 is 14.8 Å². The molecule has 0 aliphatic rings. The van der Waals surface area contributed by atoms with Gasteiger partial charge in [0.05, 0.1) is 7.11 Å². The number of hydrogen-bond donors (Lipinski definition) is 1. The number of ether oxygens (including phenoxy) is 2. The molecule has 4 nitrogen and oxygen atoms in total. The maximum Gasteiger partial charge on any atom is 0.255 e. The number of anilines is 1. The quantitative estimate of drug-likeness (QED) is 0.694. The smallest absolute Gasteiger partial charge is 0.255 e. The third-order valence-electron chi connectivity index (χ3n) is 3.97. The second kappa shape index (κ2) is 8.21. The summed E-state index contributed by atoms with van der Waals surface area (Å²) in [5.41, 5.74) is 3.54. The predicted molar refractivity (Wildman–Crippen MR) is 103 cm³/mol. The van der Waals surface area contributed by atoms with Gasteiger partial charge in [0, 0.05) is 11.3 Å². The van der Waals surface area contributed by atoms with Crippen molar-refractivity contribution in [3.8, 4) is 11.5 Å². The lowest BCUT2D eigenvalue weighted by atomic mass is 10.1. The Morgan fingerprint density at radius 3 is 2.35 bits per heavy atom. The van der Waals surface area contributed by atoms with Crippen molar-refractivity contribution < 1.29 is 14.3 Å². The minimum Gasteiger partial charge on any atom is -0.493 e. The molecule has 0 aliphatic carbocycles. The number of carbonyl (C=O) groups excluding carboxylic acids is 1. The molecule has 0 saturated heterocycles. The topological polar surface area (TPSA) is 47.6 Å². The summed E-state index contributed by atoms with van der Waals surface area (Å²) < 4.78 is 11.2. The molecule has 0 bridgehead atoms. The van der Waals surface area contributed by atoms with Crippen LogP contribution in [-0.2, 0) is 6.61 Å². The molecule has 132 valence electrons. The molecule has 3 aromatic rings. The Labute approximate surface area is 153 Å². The zero-order valence-electron chi connectivity index (χ0n) is 14.9. The molecule has 1 N–H and O–H groups in total. The molecule has 3 aromatic carbocycles. The predicted octanol–water partition coefficient (Wildman–Crippen LogP) is 4.83. The fourth-order valence-electron chi connectivity index (χ4n) is 2.50. The molecular formula is C22H21NO3. The maximum absolute atomic E-state index is 12.4. The Kier molecular flexibility index (Phi) is 5.54. The Morgan fingerprint density at radius 2 is 1.65 bits per heavy atom. The molecule has 0 spiro atoms. The first kappa shape index (κ1) is 17.5. The van der Waals surface area contributed by atoms with Crippen LogP contribution < -0.4 is 14.8 Å². The fourth-order valence-corrected chi connectivity index (χ4v) is 2.50. The van der Waals surface area contributed by atoms with Crippen molar-refractivity contribution in [3.05, 3.63) is 89.5 Å². The van der Waals surface area contributed by atoms with Crippen LogP contribution in [0.5, 0.6) is 11.5 Å². The van der Waals surface area contributed by atoms with Gasteiger partial charge in [-0.15, -0.1) is 0 Å². The van der Waals surface area contributed by atoms with E-state index in [1.54, 1.807) is 25.3 Å². The molecule has 0 fully saturated rings. The van der Waals surface area contributed by atoms with Crippen molar-refractivity contribution >= 4 is 11.6 Å². The number of aryl methyl sites for hydroxylation is 1. The number of benzene rings is 3. The normalized spacial score (nSPS) is 10.2. The van der Waals surface area contributed by atoms with Gasteiger partial charge in [0.2, 0.25) is 0 Å². The van der Waals surface area contributed by atoms with Gasteiger partial charge in [0.15, 0.2) is 11.5 Å². The van der Waals surface area contributed by atoms with E-state index in [0.29, 0.717) is 23.7 Å². The van der Waals surface area contributed by atoms with E-state index in [9.17, 15) is 4.79 Å². The van der Waals surface area contributed by atoms with E-state index >= 15 is 0 Å². The Balaban J connectivity index is 1.70. The van der Waals surface area contributed by atoms with Gasteiger partial charge in [0.25, 0.3) is 5.91 Å². The summed E-state index contributed by atoms with van der Waals surface area (Å²) in [5, 5.41) is 2.86. The van der Waals surface area contributed by atoms with Crippen LogP contribution in [0.2, 0.25) is 0 Å². The van der Waals surface area contributed by atoms with Crippen LogP contribution in [0.25, 0.3) is 0 Å². The lowest BCUT2D eigenvalue weighted by molar-refractivity contribution is 0.102. The van der Waals surface area contributed by atoms with Gasteiger partial charge in [-0.05, 0) is 42.8 Å². The summed E-state index contributed by atoms with van der Waals surface area (Å²) in [4.78, 5) is 12.4. The number of amides is 1. The Morgan fingerprint density at radius 1 is 0.923 bits per heavy atom. The molecule has 3 rings (SSSR count). The van der Waals surface area contributed by atoms with E-state index in [1.807, 2.05) is 61.5 Å². The summed E-state index contributed by atoms with van der Waals surface area (Å²) in [7, 11) is 1.56. The van der Waals surface area contributed by atoms with Crippen LogP contribution in [0.3, 0.4) is 0 Å². The summed E-state index contributed by atoms with van der Waals surface area (Å²) in [6.45, 7) is 2.49. The van der Waals surface area contributed by atoms with Crippen molar-refractivity contribution in [2.24, 2.45) is 0 Å². The zero-order chi connectivity index (χ0) is 18.4. The summed E-state index contributed by atoms with van der Waals surface area (Å²) in [6.07, 6.45) is 0. The van der Waals surface area contributed by atoms with Crippen molar-refractivity contribution in [2.45, 2.75) is 13.5 Å². The monoisotopic (exact) mass is 347 g/mol. The van der Waals surface area contributed by atoms with Gasteiger partial charge in [0.1, 0.15) is 6.61 Å². The van der Waals surface area contributed by atoms with E-state index in [-0.39, 0.29) is 5.91 Å². The number of methoxy groups -OCH3 is 1. The van der Waals surface area contributed by atoms with Crippen LogP contribution in [-0.4, -0.2) is 13.0 Å². The SMILES string of the molecule is COc1cc(C(=O)Nc2ccccc2)ccc1OCc1ccc(C)cc1. The van der Waals surface area contributed by atoms with E-state index in [0.717, 1.165) is 11.3 Å². The molecule has 0 unspecified atom stereocenters. The minimum absolute atomic E-state index is 0.195. The second-order valence-electron chi connectivity index (χ2n) is 5.96. The molecule has 0 radical (unpaired) electrons. The van der Waals surface area contributed by atoms with Crippen molar-refractivity contribution in [3.63, 3.8) is 0 Å². The molecule has 1 amide bonds. The highest BCUT2D eigenvalue weighted by Crippen LogP contribution is 2.29. The Bertz CT molecular complexity index is 874. The van der Waals surface area contributed by atoms with Gasteiger partial charge in [-0.1, -0.05) is 48.0 Å². The average Bonchev–Trinajstić information content (AvgIpc) is 2.68. The lowest BCUT2D eigenvalue weighted by Gasteiger charge is -2.12. The van der Waals surface area contributed by atoms with Crippen LogP contribution in [0.1, 0.15) is 21.5 Å². The zero-order valence-corrected chi connectivity index (χ0v) is 14.9. The summed E-state index contributed by atoms with van der Waals surface area (Å²) in [6, 6.07) is 22.7. The van der Waals surface area contributed by atoms with Gasteiger partial charge >= 0.3 is 0 Å². The number of nitrogens with one attached hydrogen (secondary N) is 1. The van der Waals surface area contributed by atoms with Crippen molar-refractivity contribution in [1.29, 1.82) is 0 Å². The largest absolute Gasteiger partial charge is 0.493 e. The number of hydrogen-bond acceptors (Lipinski definition) is 3. The van der Waals surface area contributed by atoms with E-state index in [2.05, 4.69) is 5.32 Å². The first-order valence-corrected chi connectivity index (χ1v) is 8.38. The van der Waals surface area contributed by atoms with Crippen LogP contribution in [0.4, 0.5) is 5.69 Å². The van der Waals surface area contributed by atoms with Crippen LogP contribution in [0, 0.1) is 6.92 Å². The lowest BCUT2D eigenvalue weighted by Crippen LogP contribution is -2.12. The van der Waals surface area contributed by atoms with E-state index < -0.39 is 0 Å². The Hall–Kier alpha value is -3.27. The molecule has 0 aliphatic heterocycles. The fraction of sp³-hybridized carbons (Fsp3) is 0.136. The number of carbonyl (C=O) groups is 1. The third kappa shape index (κ3) is 4.42. The molecule has 0 saturated carbocycles. The standard InChI is InChI=1S/C22H21NO3/c1-16-8-10-17(11-9-16)15-26-20-13-12-18(14-21(20)25-2)22(24)23-19-6-4-3-5-7-19/h3-14H,15H2,1-2H3,(H,23,24). The molecule has 0 heterocycles. The van der Waals surface area contributed by atoms with Crippen LogP contribution >= 0.6 is 0 Å². The third-order valence-corrected chi connectivity index (χ3v) is 3.97. The van der Waals surface area contributed by atoms with Gasteiger partial charge in [-0.2, -0.15) is 0 Å². The highest BCUT2D eigenvalue weighted by Gasteiger charge is 2.11. The van der Waals surface area contributed by atoms with Gasteiger partial charge in [-0.3, -0.25) is 4.79 Å². The molecular weight excluding hydrogens is 326 g/mol.